The molecule has 0 aliphatic rings. The average molecular weight is 192 g/mol. The van der Waals surface area contributed by atoms with Crippen LogP contribution in [-0.2, 0) is 0 Å². The monoisotopic (exact) mass is 192 g/mol. The number of nitrogens with zero attached hydrogens (tertiary/aromatic N) is 1. The molecular weight excluding hydrogens is 174 g/mol. The van der Waals surface area contributed by atoms with Crippen LogP contribution in [0.15, 0.2) is 30.3 Å². The van der Waals surface area contributed by atoms with Crippen molar-refractivity contribution in [1.82, 2.24) is 5.32 Å². The first-order valence-corrected chi connectivity index (χ1v) is 5.27. The van der Waals surface area contributed by atoms with Gasteiger partial charge in [0.05, 0.1) is 5.69 Å². The first-order valence-electron chi connectivity index (χ1n) is 5.27. The lowest BCUT2D eigenvalue weighted by atomic mass is 10.2. The molecule has 0 saturated carbocycles. The summed E-state index contributed by atoms with van der Waals surface area (Å²) >= 11 is 0. The minimum atomic E-state index is 0.315. The SMILES string of the molecule is OCCCCCC[N]c1ccccc1. The van der Waals surface area contributed by atoms with Crippen molar-refractivity contribution in [3.63, 3.8) is 0 Å². The molecule has 0 atom stereocenters. The van der Waals surface area contributed by atoms with Gasteiger partial charge in [-0.25, -0.2) is 0 Å². The van der Waals surface area contributed by atoms with Crippen molar-refractivity contribution in [2.24, 2.45) is 0 Å². The number of para-hydroxylation sites is 1. The predicted molar refractivity (Wildman–Crippen MR) is 58.7 cm³/mol. The Morgan fingerprint density at radius 1 is 0.929 bits per heavy atom. The lowest BCUT2D eigenvalue weighted by Gasteiger charge is -2.02. The van der Waals surface area contributed by atoms with E-state index < -0.39 is 0 Å². The minimum absolute atomic E-state index is 0.315. The standard InChI is InChI=1S/C12H18NO/c14-11-7-2-1-6-10-13-12-8-4-3-5-9-12/h3-5,8-9,14H,1-2,6-7,10-11H2. The maximum atomic E-state index is 8.58. The summed E-state index contributed by atoms with van der Waals surface area (Å²) in [5, 5.41) is 13.0. The summed E-state index contributed by atoms with van der Waals surface area (Å²) in [5.41, 5.74) is 1.06. The number of rotatable bonds is 7. The third-order valence-corrected chi connectivity index (χ3v) is 2.12. The molecular formula is C12H18NO. The summed E-state index contributed by atoms with van der Waals surface area (Å²) in [5.74, 6) is 0. The molecule has 1 N–H and O–H groups in total. The normalized spacial score (nSPS) is 10.1. The second kappa shape index (κ2) is 7.39. The molecule has 1 rings (SSSR count). The summed E-state index contributed by atoms with van der Waals surface area (Å²) in [6.45, 7) is 1.21. The van der Waals surface area contributed by atoms with Gasteiger partial charge < -0.3 is 5.11 Å². The van der Waals surface area contributed by atoms with E-state index in [1.807, 2.05) is 30.3 Å². The molecule has 0 aliphatic carbocycles. The van der Waals surface area contributed by atoms with E-state index in [0.29, 0.717) is 6.61 Å². The van der Waals surface area contributed by atoms with Crippen LogP contribution in [0.4, 0.5) is 5.69 Å². The maximum Gasteiger partial charge on any atom is 0.0574 e. The van der Waals surface area contributed by atoms with Gasteiger partial charge in [0.1, 0.15) is 0 Å². The molecule has 0 aliphatic heterocycles. The maximum absolute atomic E-state index is 8.58. The van der Waals surface area contributed by atoms with E-state index in [0.717, 1.165) is 37.9 Å². The number of aliphatic hydroxyl groups excluding tert-OH is 1. The highest BCUT2D eigenvalue weighted by atomic mass is 16.2. The topological polar surface area (TPSA) is 34.3 Å². The Bertz CT molecular complexity index is 223. The van der Waals surface area contributed by atoms with Gasteiger partial charge in [-0.05, 0) is 25.0 Å². The zero-order valence-electron chi connectivity index (χ0n) is 8.52. The Hall–Kier alpha value is -1.02. The van der Waals surface area contributed by atoms with Crippen LogP contribution in [0.5, 0.6) is 0 Å². The van der Waals surface area contributed by atoms with Crippen LogP contribution in [0, 0.1) is 0 Å². The molecule has 1 aromatic carbocycles. The Labute approximate surface area is 86.0 Å². The second-order valence-electron chi connectivity index (χ2n) is 3.36. The van der Waals surface area contributed by atoms with Crippen LogP contribution in [0.25, 0.3) is 0 Å². The predicted octanol–water partition coefficient (Wildman–Crippen LogP) is 2.48. The summed E-state index contributed by atoms with van der Waals surface area (Å²) in [4.78, 5) is 0. The van der Waals surface area contributed by atoms with Crippen molar-refractivity contribution in [2.45, 2.75) is 25.7 Å². The van der Waals surface area contributed by atoms with Crippen LogP contribution in [0.2, 0.25) is 0 Å². The van der Waals surface area contributed by atoms with Crippen molar-refractivity contribution < 1.29 is 5.11 Å². The van der Waals surface area contributed by atoms with Crippen LogP contribution >= 0.6 is 0 Å². The summed E-state index contributed by atoms with van der Waals surface area (Å²) in [6.07, 6.45) is 4.32. The fraction of sp³-hybridized carbons (Fsp3) is 0.500. The van der Waals surface area contributed by atoms with Crippen molar-refractivity contribution in [3.8, 4) is 0 Å². The van der Waals surface area contributed by atoms with Gasteiger partial charge in [0.25, 0.3) is 0 Å². The zero-order valence-corrected chi connectivity index (χ0v) is 8.52. The van der Waals surface area contributed by atoms with Gasteiger partial charge >= 0.3 is 0 Å². The average Bonchev–Trinajstić information content (AvgIpc) is 2.25. The molecule has 0 amide bonds. The molecule has 0 bridgehead atoms. The summed E-state index contributed by atoms with van der Waals surface area (Å²) in [7, 11) is 0. The smallest absolute Gasteiger partial charge is 0.0574 e. The highest BCUT2D eigenvalue weighted by Crippen LogP contribution is 2.06. The van der Waals surface area contributed by atoms with E-state index in [1.165, 1.54) is 0 Å². The van der Waals surface area contributed by atoms with E-state index in [-0.39, 0.29) is 0 Å². The van der Waals surface area contributed by atoms with Gasteiger partial charge in [-0.2, -0.15) is 0 Å². The Morgan fingerprint density at radius 3 is 2.36 bits per heavy atom. The molecule has 2 nitrogen and oxygen atoms in total. The number of hydrogen-bond acceptors (Lipinski definition) is 1. The molecule has 0 fully saturated rings. The van der Waals surface area contributed by atoms with Crippen LogP contribution in [0.3, 0.4) is 0 Å². The largest absolute Gasteiger partial charge is 0.396 e. The number of hydrogen-bond donors (Lipinski definition) is 1. The molecule has 2 heteroatoms. The number of unbranched alkanes of at least 4 members (excludes halogenated alkanes) is 3. The van der Waals surface area contributed by atoms with E-state index in [9.17, 15) is 0 Å². The van der Waals surface area contributed by atoms with Crippen molar-refractivity contribution in [3.05, 3.63) is 30.3 Å². The number of benzene rings is 1. The molecule has 0 saturated heterocycles. The molecule has 0 heterocycles. The molecule has 1 aromatic rings. The van der Waals surface area contributed by atoms with E-state index in [4.69, 9.17) is 5.11 Å². The first-order chi connectivity index (χ1) is 6.93. The van der Waals surface area contributed by atoms with Crippen molar-refractivity contribution >= 4 is 5.69 Å². The highest BCUT2D eigenvalue weighted by Gasteiger charge is 1.92. The lowest BCUT2D eigenvalue weighted by Crippen LogP contribution is -1.99. The van der Waals surface area contributed by atoms with Crippen molar-refractivity contribution in [2.75, 3.05) is 13.2 Å². The molecule has 77 valence electrons. The third kappa shape index (κ3) is 4.87. The first kappa shape index (κ1) is 11.1. The van der Waals surface area contributed by atoms with Crippen molar-refractivity contribution in [1.29, 1.82) is 0 Å². The fourth-order valence-corrected chi connectivity index (χ4v) is 1.32. The molecule has 0 spiro atoms. The Kier molecular flexibility index (Phi) is 5.84. The summed E-state index contributed by atoms with van der Waals surface area (Å²) < 4.78 is 0. The minimum Gasteiger partial charge on any atom is -0.396 e. The molecule has 0 aromatic heterocycles. The zero-order chi connectivity index (χ0) is 10.1. The van der Waals surface area contributed by atoms with E-state index >= 15 is 0 Å². The Morgan fingerprint density at radius 2 is 1.64 bits per heavy atom. The van der Waals surface area contributed by atoms with Gasteiger partial charge in [-0.15, -0.1) is 0 Å². The number of aliphatic hydroxyl groups is 1. The molecule has 0 unspecified atom stereocenters. The molecule has 1 radical (unpaired) electrons. The van der Waals surface area contributed by atoms with E-state index in [2.05, 4.69) is 5.32 Å². The summed E-state index contributed by atoms with van der Waals surface area (Å²) in [6, 6.07) is 10.1. The Balaban J connectivity index is 1.99. The van der Waals surface area contributed by atoms with E-state index in [1.54, 1.807) is 0 Å². The second-order valence-corrected chi connectivity index (χ2v) is 3.36. The fourth-order valence-electron chi connectivity index (χ4n) is 1.32. The quantitative estimate of drug-likeness (QED) is 0.662. The van der Waals surface area contributed by atoms with Gasteiger partial charge in [0.15, 0.2) is 0 Å². The molecule has 14 heavy (non-hydrogen) atoms. The van der Waals surface area contributed by atoms with Gasteiger partial charge in [0, 0.05) is 13.2 Å². The van der Waals surface area contributed by atoms with Gasteiger partial charge in [-0.1, -0.05) is 31.0 Å². The van der Waals surface area contributed by atoms with Gasteiger partial charge in [0.2, 0.25) is 0 Å². The van der Waals surface area contributed by atoms with Gasteiger partial charge in [-0.3, -0.25) is 5.32 Å². The van der Waals surface area contributed by atoms with Crippen LogP contribution in [0.1, 0.15) is 25.7 Å². The third-order valence-electron chi connectivity index (χ3n) is 2.12. The van der Waals surface area contributed by atoms with Crippen LogP contribution < -0.4 is 5.32 Å². The lowest BCUT2D eigenvalue weighted by molar-refractivity contribution is 0.282. The van der Waals surface area contributed by atoms with Crippen LogP contribution in [-0.4, -0.2) is 18.3 Å². The highest BCUT2D eigenvalue weighted by molar-refractivity contribution is 5.34.